The highest BCUT2D eigenvalue weighted by Gasteiger charge is 2.22. The van der Waals surface area contributed by atoms with Gasteiger partial charge in [-0.25, -0.2) is 13.8 Å². The molecule has 0 radical (unpaired) electrons. The second-order valence-electron chi connectivity index (χ2n) is 8.73. The largest absolute Gasteiger partial charge is 0.381 e. The van der Waals surface area contributed by atoms with Crippen LogP contribution in [0.15, 0.2) is 18.3 Å². The van der Waals surface area contributed by atoms with Crippen molar-refractivity contribution in [3.8, 4) is 11.3 Å². The van der Waals surface area contributed by atoms with Gasteiger partial charge in [0.1, 0.15) is 5.69 Å². The van der Waals surface area contributed by atoms with E-state index >= 15 is 0 Å². The monoisotopic (exact) mass is 450 g/mol. The molecule has 168 valence electrons. The Morgan fingerprint density at radius 2 is 1.77 bits per heavy atom. The number of hydrogen-bond acceptors (Lipinski definition) is 5. The second kappa shape index (κ2) is 10.2. The third-order valence-electron chi connectivity index (χ3n) is 6.38. The minimum absolute atomic E-state index is 0.0372. The summed E-state index contributed by atoms with van der Waals surface area (Å²) >= 11 is 6.34. The van der Waals surface area contributed by atoms with E-state index in [0.717, 1.165) is 56.7 Å². The van der Waals surface area contributed by atoms with Gasteiger partial charge in [0.05, 0.1) is 5.02 Å². The lowest BCUT2D eigenvalue weighted by Gasteiger charge is -2.25. The van der Waals surface area contributed by atoms with Crippen molar-refractivity contribution in [2.75, 3.05) is 25.1 Å². The first-order valence-corrected chi connectivity index (χ1v) is 11.5. The summed E-state index contributed by atoms with van der Waals surface area (Å²) in [4.78, 5) is 8.69. The second-order valence-corrected chi connectivity index (χ2v) is 9.13. The summed E-state index contributed by atoms with van der Waals surface area (Å²) in [7, 11) is 0. The summed E-state index contributed by atoms with van der Waals surface area (Å²) in [6, 6.07) is 2.94. The summed E-state index contributed by atoms with van der Waals surface area (Å²) < 4.78 is 34.4. The molecule has 1 aliphatic carbocycles. The molecule has 0 aromatic carbocycles. The Balaban J connectivity index is 1.53. The highest BCUT2D eigenvalue weighted by Crippen LogP contribution is 2.33. The fourth-order valence-electron chi connectivity index (χ4n) is 4.43. The Morgan fingerprint density at radius 3 is 2.52 bits per heavy atom. The summed E-state index contributed by atoms with van der Waals surface area (Å²) in [5.74, 6) is -0.528. The van der Waals surface area contributed by atoms with Crippen LogP contribution in [0.2, 0.25) is 5.02 Å². The van der Waals surface area contributed by atoms with E-state index < -0.39 is 11.6 Å². The predicted octanol–water partition coefficient (Wildman–Crippen LogP) is 4.97. The van der Waals surface area contributed by atoms with Gasteiger partial charge in [0.15, 0.2) is 17.5 Å². The van der Waals surface area contributed by atoms with Gasteiger partial charge in [-0.3, -0.25) is 4.98 Å². The minimum Gasteiger partial charge on any atom is -0.381 e. The number of halogens is 3. The van der Waals surface area contributed by atoms with E-state index in [1.54, 1.807) is 6.07 Å². The van der Waals surface area contributed by atoms with Crippen LogP contribution in [-0.2, 0) is 11.2 Å². The molecular formula is C23H29ClF2N4O. The molecule has 0 bridgehead atoms. The van der Waals surface area contributed by atoms with E-state index in [-0.39, 0.29) is 17.6 Å². The van der Waals surface area contributed by atoms with Crippen molar-refractivity contribution in [3.05, 3.63) is 40.7 Å². The zero-order valence-corrected chi connectivity index (χ0v) is 18.3. The molecule has 2 aromatic rings. The maximum Gasteiger partial charge on any atom is 0.168 e. The van der Waals surface area contributed by atoms with Crippen LogP contribution in [0.1, 0.15) is 44.2 Å². The van der Waals surface area contributed by atoms with Gasteiger partial charge in [0.2, 0.25) is 0 Å². The first-order chi connectivity index (χ1) is 15.0. The van der Waals surface area contributed by atoms with E-state index in [1.807, 2.05) is 0 Å². The van der Waals surface area contributed by atoms with Gasteiger partial charge in [-0.1, -0.05) is 11.6 Å². The van der Waals surface area contributed by atoms with Gasteiger partial charge >= 0.3 is 0 Å². The van der Waals surface area contributed by atoms with Crippen molar-refractivity contribution in [3.63, 3.8) is 0 Å². The molecule has 5 nitrogen and oxygen atoms in total. The zero-order valence-electron chi connectivity index (χ0n) is 17.5. The van der Waals surface area contributed by atoms with Crippen LogP contribution < -0.4 is 11.1 Å². The number of ether oxygens (including phenoxy) is 1. The quantitative estimate of drug-likeness (QED) is 0.649. The molecular weight excluding hydrogens is 422 g/mol. The fourth-order valence-corrected chi connectivity index (χ4v) is 4.63. The molecule has 4 rings (SSSR count). The molecule has 1 saturated heterocycles. The van der Waals surface area contributed by atoms with Crippen LogP contribution in [0.5, 0.6) is 0 Å². The lowest BCUT2D eigenvalue weighted by molar-refractivity contribution is 0.0699. The number of pyridine rings is 2. The van der Waals surface area contributed by atoms with E-state index in [1.165, 1.54) is 6.20 Å². The number of anilines is 1. The number of nitrogens with zero attached hydrogens (tertiary/aromatic N) is 2. The Labute approximate surface area is 186 Å². The number of hydrogen-bond donors (Lipinski definition) is 2. The maximum absolute atomic E-state index is 14.7. The third-order valence-corrected chi connectivity index (χ3v) is 6.69. The summed E-state index contributed by atoms with van der Waals surface area (Å²) in [5, 5.41) is 3.34. The van der Waals surface area contributed by atoms with Crippen molar-refractivity contribution < 1.29 is 13.5 Å². The van der Waals surface area contributed by atoms with Gasteiger partial charge < -0.3 is 15.8 Å². The van der Waals surface area contributed by atoms with Crippen molar-refractivity contribution in [1.29, 1.82) is 0 Å². The molecule has 2 fully saturated rings. The normalized spacial score (nSPS) is 22.5. The first-order valence-electron chi connectivity index (χ1n) is 11.1. The molecule has 2 aliphatic rings. The van der Waals surface area contributed by atoms with Gasteiger partial charge in [0, 0.05) is 49.3 Å². The van der Waals surface area contributed by atoms with Gasteiger partial charge in [0.25, 0.3) is 0 Å². The van der Waals surface area contributed by atoms with Gasteiger partial charge in [-0.05, 0) is 62.8 Å². The van der Waals surface area contributed by atoms with Crippen LogP contribution in [0.25, 0.3) is 11.3 Å². The third kappa shape index (κ3) is 5.70. The van der Waals surface area contributed by atoms with Gasteiger partial charge in [-0.15, -0.1) is 0 Å². The van der Waals surface area contributed by atoms with Crippen LogP contribution in [-0.4, -0.2) is 35.8 Å². The standard InChI is InChI=1S/C23H29ClF2N4O/c24-19-13-28-17(9-14-1-3-16(27)4-2-14)10-18(19)22-20(25)11-21(26)23(30-22)29-12-15-5-7-31-8-6-15/h10-11,13-16H,1-9,12,27H2,(H,29,30). The molecule has 31 heavy (non-hydrogen) atoms. The average molecular weight is 451 g/mol. The molecule has 1 aliphatic heterocycles. The SMILES string of the molecule is NC1CCC(Cc2cc(-c3nc(NCC4CCOCC4)c(F)cc3F)c(Cl)cn2)CC1. The topological polar surface area (TPSA) is 73.1 Å². The van der Waals surface area contributed by atoms with Crippen LogP contribution in [0.3, 0.4) is 0 Å². The molecule has 0 unspecified atom stereocenters. The lowest BCUT2D eigenvalue weighted by Crippen LogP contribution is -2.27. The Hall–Kier alpha value is -1.83. The molecule has 3 N–H and O–H groups in total. The number of nitrogens with two attached hydrogens (primary N) is 1. The summed E-state index contributed by atoms with van der Waals surface area (Å²) in [5.41, 5.74) is 7.31. The minimum atomic E-state index is -0.739. The smallest absolute Gasteiger partial charge is 0.168 e. The van der Waals surface area contributed by atoms with Crippen molar-refractivity contribution >= 4 is 17.4 Å². The van der Waals surface area contributed by atoms with Crippen molar-refractivity contribution in [1.82, 2.24) is 9.97 Å². The van der Waals surface area contributed by atoms with E-state index in [2.05, 4.69) is 15.3 Å². The molecule has 8 heteroatoms. The van der Waals surface area contributed by atoms with E-state index in [0.29, 0.717) is 42.2 Å². The summed E-state index contributed by atoms with van der Waals surface area (Å²) in [6.07, 6.45) is 8.29. The number of rotatable bonds is 6. The summed E-state index contributed by atoms with van der Waals surface area (Å²) in [6.45, 7) is 1.98. The molecule has 2 aromatic heterocycles. The van der Waals surface area contributed by atoms with Crippen molar-refractivity contribution in [2.24, 2.45) is 17.6 Å². The number of nitrogens with one attached hydrogen (secondary N) is 1. The van der Waals surface area contributed by atoms with Crippen molar-refractivity contribution in [2.45, 2.75) is 51.0 Å². The predicted molar refractivity (Wildman–Crippen MR) is 118 cm³/mol. The van der Waals surface area contributed by atoms with Crippen LogP contribution in [0, 0.1) is 23.5 Å². The Morgan fingerprint density at radius 1 is 1.03 bits per heavy atom. The fraction of sp³-hybridized carbons (Fsp3) is 0.565. The molecule has 0 amide bonds. The number of aromatic nitrogens is 2. The lowest BCUT2D eigenvalue weighted by atomic mass is 9.83. The van der Waals surface area contributed by atoms with Crippen LogP contribution >= 0.6 is 11.6 Å². The van der Waals surface area contributed by atoms with Gasteiger partial charge in [-0.2, -0.15) is 0 Å². The molecule has 1 saturated carbocycles. The van der Waals surface area contributed by atoms with Crippen LogP contribution in [0.4, 0.5) is 14.6 Å². The highest BCUT2D eigenvalue weighted by molar-refractivity contribution is 6.33. The van der Waals surface area contributed by atoms with E-state index in [4.69, 9.17) is 22.1 Å². The Kier molecular flexibility index (Phi) is 7.35. The average Bonchev–Trinajstić information content (AvgIpc) is 2.77. The zero-order chi connectivity index (χ0) is 21.8. The molecule has 3 heterocycles. The molecule has 0 spiro atoms. The first kappa shape index (κ1) is 22.4. The molecule has 0 atom stereocenters. The maximum atomic E-state index is 14.7. The Bertz CT molecular complexity index is 899. The van der Waals surface area contributed by atoms with E-state index in [9.17, 15) is 8.78 Å². The highest BCUT2D eigenvalue weighted by atomic mass is 35.5.